The standard InChI is InChI=1S/C17H21NO3S/c1-14-6-5-9-16(10-14)13-22(20,21)18-12-17(19)11-15-7-3-2-4-8-15/h2-10,17-19H,11-13H2,1H3/t17-/m0/s1. The minimum Gasteiger partial charge on any atom is -0.391 e. The summed E-state index contributed by atoms with van der Waals surface area (Å²) < 4.78 is 26.6. The van der Waals surface area contributed by atoms with Crippen molar-refractivity contribution in [2.75, 3.05) is 6.54 Å². The van der Waals surface area contributed by atoms with Crippen LogP contribution in [-0.2, 0) is 22.2 Å². The third-order valence-corrected chi connectivity index (χ3v) is 4.61. The zero-order chi connectivity index (χ0) is 16.0. The molecule has 2 N–H and O–H groups in total. The summed E-state index contributed by atoms with van der Waals surface area (Å²) in [6, 6.07) is 16.9. The lowest BCUT2D eigenvalue weighted by Gasteiger charge is -2.12. The maximum absolute atomic E-state index is 12.0. The van der Waals surface area contributed by atoms with Crippen molar-refractivity contribution in [1.29, 1.82) is 0 Å². The molecule has 0 unspecified atom stereocenters. The maximum atomic E-state index is 12.0. The van der Waals surface area contributed by atoms with E-state index in [-0.39, 0.29) is 12.3 Å². The first-order valence-electron chi connectivity index (χ1n) is 7.19. The van der Waals surface area contributed by atoms with Crippen LogP contribution in [0.4, 0.5) is 0 Å². The molecule has 1 atom stereocenters. The van der Waals surface area contributed by atoms with E-state index in [0.29, 0.717) is 6.42 Å². The van der Waals surface area contributed by atoms with Gasteiger partial charge in [-0.2, -0.15) is 0 Å². The number of rotatable bonds is 7. The van der Waals surface area contributed by atoms with Crippen molar-refractivity contribution in [3.8, 4) is 0 Å². The first-order chi connectivity index (χ1) is 10.4. The van der Waals surface area contributed by atoms with E-state index in [1.54, 1.807) is 6.07 Å². The van der Waals surface area contributed by atoms with Gasteiger partial charge in [0.25, 0.3) is 0 Å². The molecule has 5 heteroatoms. The van der Waals surface area contributed by atoms with Crippen LogP contribution in [0, 0.1) is 6.92 Å². The number of hydrogen-bond acceptors (Lipinski definition) is 3. The van der Waals surface area contributed by atoms with Crippen molar-refractivity contribution >= 4 is 10.0 Å². The molecule has 0 radical (unpaired) electrons. The fraction of sp³-hybridized carbons (Fsp3) is 0.294. The zero-order valence-electron chi connectivity index (χ0n) is 12.6. The fourth-order valence-electron chi connectivity index (χ4n) is 2.25. The van der Waals surface area contributed by atoms with Crippen LogP contribution >= 0.6 is 0 Å². The van der Waals surface area contributed by atoms with Crippen LogP contribution < -0.4 is 4.72 Å². The lowest BCUT2D eigenvalue weighted by atomic mass is 10.1. The van der Waals surface area contributed by atoms with Crippen molar-refractivity contribution in [2.24, 2.45) is 0 Å². The molecule has 118 valence electrons. The number of aliphatic hydroxyl groups is 1. The molecule has 0 aromatic heterocycles. The average molecular weight is 319 g/mol. The fourth-order valence-corrected chi connectivity index (χ4v) is 3.42. The molecule has 0 spiro atoms. The van der Waals surface area contributed by atoms with Gasteiger partial charge in [0.15, 0.2) is 0 Å². The molecule has 0 heterocycles. The van der Waals surface area contributed by atoms with Gasteiger partial charge >= 0.3 is 0 Å². The van der Waals surface area contributed by atoms with E-state index in [1.807, 2.05) is 55.5 Å². The van der Waals surface area contributed by atoms with Gasteiger partial charge in [-0.3, -0.25) is 0 Å². The highest BCUT2D eigenvalue weighted by Gasteiger charge is 2.14. The first kappa shape index (κ1) is 16.7. The molecule has 0 aliphatic heterocycles. The third kappa shape index (κ3) is 5.60. The number of nitrogens with one attached hydrogen (secondary N) is 1. The molecule has 0 aliphatic carbocycles. The second-order valence-corrected chi connectivity index (χ2v) is 7.25. The van der Waals surface area contributed by atoms with Crippen LogP contribution in [0.15, 0.2) is 54.6 Å². The molecule has 0 amide bonds. The summed E-state index contributed by atoms with van der Waals surface area (Å²) in [5.41, 5.74) is 2.75. The molecule has 2 aromatic rings. The molecule has 0 saturated heterocycles. The van der Waals surface area contributed by atoms with Crippen molar-refractivity contribution in [3.05, 3.63) is 71.3 Å². The van der Waals surface area contributed by atoms with Gasteiger partial charge in [-0.05, 0) is 24.5 Å². The molecule has 4 nitrogen and oxygen atoms in total. The smallest absolute Gasteiger partial charge is 0.215 e. The largest absolute Gasteiger partial charge is 0.391 e. The van der Waals surface area contributed by atoms with Gasteiger partial charge in [0.05, 0.1) is 11.9 Å². The summed E-state index contributed by atoms with van der Waals surface area (Å²) in [5.74, 6) is -0.0766. The van der Waals surface area contributed by atoms with E-state index in [1.165, 1.54) is 0 Å². The van der Waals surface area contributed by atoms with Crippen molar-refractivity contribution in [1.82, 2.24) is 4.72 Å². The normalized spacial score (nSPS) is 13.0. The second kappa shape index (κ2) is 7.54. The predicted molar refractivity (Wildman–Crippen MR) is 88.0 cm³/mol. The Labute approximate surface area is 131 Å². The summed E-state index contributed by atoms with van der Waals surface area (Å²) in [6.07, 6.45) is -0.317. The number of hydrogen-bond donors (Lipinski definition) is 2. The quantitative estimate of drug-likeness (QED) is 0.820. The Balaban J connectivity index is 1.87. The van der Waals surface area contributed by atoms with Gasteiger partial charge in [0.2, 0.25) is 10.0 Å². The molecule has 2 rings (SSSR count). The summed E-state index contributed by atoms with van der Waals surface area (Å²) in [7, 11) is -3.45. The van der Waals surface area contributed by atoms with E-state index in [0.717, 1.165) is 16.7 Å². The Bertz CT molecular complexity index is 699. The molecular weight excluding hydrogens is 298 g/mol. The average Bonchev–Trinajstić information content (AvgIpc) is 2.46. The molecule has 0 bridgehead atoms. The Kier molecular flexibility index (Phi) is 5.71. The Morgan fingerprint density at radius 1 is 1.05 bits per heavy atom. The minimum atomic E-state index is -3.45. The molecule has 2 aromatic carbocycles. The topological polar surface area (TPSA) is 66.4 Å². The molecule has 0 aliphatic rings. The minimum absolute atomic E-state index is 0.0169. The molecular formula is C17H21NO3S. The molecule has 0 saturated carbocycles. The van der Waals surface area contributed by atoms with Crippen LogP contribution in [0.25, 0.3) is 0 Å². The molecule has 22 heavy (non-hydrogen) atoms. The summed E-state index contributed by atoms with van der Waals surface area (Å²) >= 11 is 0. The van der Waals surface area contributed by atoms with E-state index in [9.17, 15) is 13.5 Å². The van der Waals surface area contributed by atoms with Crippen LogP contribution in [-0.4, -0.2) is 26.2 Å². The monoisotopic (exact) mass is 319 g/mol. The maximum Gasteiger partial charge on any atom is 0.215 e. The van der Waals surface area contributed by atoms with Gasteiger partial charge in [0.1, 0.15) is 0 Å². The predicted octanol–water partition coefficient (Wildman–Crippen LogP) is 2.02. The number of sulfonamides is 1. The highest BCUT2D eigenvalue weighted by Crippen LogP contribution is 2.08. The van der Waals surface area contributed by atoms with Gasteiger partial charge < -0.3 is 5.11 Å². The van der Waals surface area contributed by atoms with E-state index in [2.05, 4.69) is 4.72 Å². The van der Waals surface area contributed by atoms with E-state index >= 15 is 0 Å². The summed E-state index contributed by atoms with van der Waals surface area (Å²) in [6.45, 7) is 1.94. The molecule has 0 fully saturated rings. The van der Waals surface area contributed by atoms with Crippen LogP contribution in [0.1, 0.15) is 16.7 Å². The van der Waals surface area contributed by atoms with Gasteiger partial charge in [-0.25, -0.2) is 13.1 Å². The number of aryl methyl sites for hydroxylation is 1. The number of benzene rings is 2. The van der Waals surface area contributed by atoms with Crippen LogP contribution in [0.5, 0.6) is 0 Å². The van der Waals surface area contributed by atoms with Crippen molar-refractivity contribution in [3.63, 3.8) is 0 Å². The Hall–Kier alpha value is -1.69. The van der Waals surface area contributed by atoms with E-state index in [4.69, 9.17) is 0 Å². The van der Waals surface area contributed by atoms with Crippen molar-refractivity contribution in [2.45, 2.75) is 25.2 Å². The zero-order valence-corrected chi connectivity index (χ0v) is 13.4. The highest BCUT2D eigenvalue weighted by atomic mass is 32.2. The van der Waals surface area contributed by atoms with Gasteiger partial charge in [-0.1, -0.05) is 60.2 Å². The summed E-state index contributed by atoms with van der Waals surface area (Å²) in [4.78, 5) is 0. The van der Waals surface area contributed by atoms with Gasteiger partial charge in [-0.15, -0.1) is 0 Å². The second-order valence-electron chi connectivity index (χ2n) is 5.44. The van der Waals surface area contributed by atoms with Crippen molar-refractivity contribution < 1.29 is 13.5 Å². The van der Waals surface area contributed by atoms with Gasteiger partial charge in [0, 0.05) is 6.54 Å². The van der Waals surface area contributed by atoms with Crippen LogP contribution in [0.2, 0.25) is 0 Å². The number of aliphatic hydroxyl groups excluding tert-OH is 1. The highest BCUT2D eigenvalue weighted by molar-refractivity contribution is 7.88. The first-order valence-corrected chi connectivity index (χ1v) is 8.85. The lowest BCUT2D eigenvalue weighted by molar-refractivity contribution is 0.179. The van der Waals surface area contributed by atoms with E-state index < -0.39 is 16.1 Å². The Morgan fingerprint density at radius 2 is 1.73 bits per heavy atom. The SMILES string of the molecule is Cc1cccc(CS(=O)(=O)NC[C@@H](O)Cc2ccccc2)c1. The third-order valence-electron chi connectivity index (χ3n) is 3.29. The van der Waals surface area contributed by atoms with Crippen LogP contribution in [0.3, 0.4) is 0 Å². The Morgan fingerprint density at radius 3 is 2.41 bits per heavy atom. The lowest BCUT2D eigenvalue weighted by Crippen LogP contribution is -2.34. The summed E-state index contributed by atoms with van der Waals surface area (Å²) in [5, 5.41) is 9.95.